The first-order valence-electron chi connectivity index (χ1n) is 7.18. The topological polar surface area (TPSA) is 21.3 Å². The molecule has 0 spiro atoms. The Hall–Kier alpha value is -0.540. The lowest BCUT2D eigenvalue weighted by Crippen LogP contribution is -2.30. The number of ether oxygens (including phenoxy) is 1. The summed E-state index contributed by atoms with van der Waals surface area (Å²) in [6, 6.07) is 4.45. The number of benzene rings is 1. The molecule has 1 N–H and O–H groups in total. The van der Waals surface area contributed by atoms with E-state index in [2.05, 4.69) is 47.2 Å². The summed E-state index contributed by atoms with van der Waals surface area (Å²) in [4.78, 5) is 0. The summed E-state index contributed by atoms with van der Waals surface area (Å²) in [6.07, 6.45) is 3.71. The van der Waals surface area contributed by atoms with Crippen LogP contribution in [0.1, 0.15) is 43.7 Å². The number of halogens is 1. The van der Waals surface area contributed by atoms with Crippen LogP contribution in [-0.4, -0.2) is 20.2 Å². The van der Waals surface area contributed by atoms with Crippen molar-refractivity contribution in [3.05, 3.63) is 27.7 Å². The van der Waals surface area contributed by atoms with Crippen molar-refractivity contribution in [3.8, 4) is 5.75 Å². The molecule has 1 aliphatic rings. The Kier molecular flexibility index (Phi) is 5.28. The average molecular weight is 326 g/mol. The van der Waals surface area contributed by atoms with Gasteiger partial charge < -0.3 is 10.1 Å². The lowest BCUT2D eigenvalue weighted by atomic mass is 9.90. The van der Waals surface area contributed by atoms with Crippen LogP contribution in [0.5, 0.6) is 5.75 Å². The minimum Gasteiger partial charge on any atom is -0.496 e. The SMILES string of the molecule is COc1cc(C(C)C)c(Br)cc1CC1CCCNC1. The van der Waals surface area contributed by atoms with Gasteiger partial charge >= 0.3 is 0 Å². The fraction of sp³-hybridized carbons (Fsp3) is 0.625. The van der Waals surface area contributed by atoms with Gasteiger partial charge in [0.05, 0.1) is 7.11 Å². The first-order chi connectivity index (χ1) is 9.11. The monoisotopic (exact) mass is 325 g/mol. The van der Waals surface area contributed by atoms with Gasteiger partial charge in [0.15, 0.2) is 0 Å². The highest BCUT2D eigenvalue weighted by Gasteiger charge is 2.17. The Bertz CT molecular complexity index is 425. The van der Waals surface area contributed by atoms with Gasteiger partial charge in [0.2, 0.25) is 0 Å². The molecule has 1 aliphatic heterocycles. The molecule has 1 unspecified atom stereocenters. The van der Waals surface area contributed by atoms with Gasteiger partial charge in [0, 0.05) is 4.47 Å². The predicted octanol–water partition coefficient (Wildman–Crippen LogP) is 4.12. The largest absolute Gasteiger partial charge is 0.496 e. The normalized spacial score (nSPS) is 19.7. The van der Waals surface area contributed by atoms with Gasteiger partial charge in [-0.3, -0.25) is 0 Å². The maximum atomic E-state index is 5.59. The van der Waals surface area contributed by atoms with Crippen molar-refractivity contribution in [1.82, 2.24) is 5.32 Å². The number of hydrogen-bond acceptors (Lipinski definition) is 2. The summed E-state index contributed by atoms with van der Waals surface area (Å²) in [5.74, 6) is 2.28. The van der Waals surface area contributed by atoms with Crippen LogP contribution in [0.3, 0.4) is 0 Å². The third-order valence-corrected chi connectivity index (χ3v) is 4.62. The van der Waals surface area contributed by atoms with E-state index in [-0.39, 0.29) is 0 Å². The molecule has 1 atom stereocenters. The van der Waals surface area contributed by atoms with Crippen LogP contribution in [0.25, 0.3) is 0 Å². The van der Waals surface area contributed by atoms with Crippen LogP contribution in [0.4, 0.5) is 0 Å². The van der Waals surface area contributed by atoms with E-state index in [0.29, 0.717) is 5.92 Å². The maximum absolute atomic E-state index is 5.59. The first-order valence-corrected chi connectivity index (χ1v) is 7.98. The van der Waals surface area contributed by atoms with E-state index in [0.717, 1.165) is 24.6 Å². The van der Waals surface area contributed by atoms with Crippen LogP contribution in [0.2, 0.25) is 0 Å². The van der Waals surface area contributed by atoms with Crippen molar-refractivity contribution < 1.29 is 4.74 Å². The smallest absolute Gasteiger partial charge is 0.122 e. The van der Waals surface area contributed by atoms with Gasteiger partial charge in [-0.1, -0.05) is 29.8 Å². The Morgan fingerprint density at radius 1 is 1.42 bits per heavy atom. The summed E-state index contributed by atoms with van der Waals surface area (Å²) in [7, 11) is 1.77. The molecule has 0 amide bonds. The number of piperidine rings is 1. The van der Waals surface area contributed by atoms with E-state index < -0.39 is 0 Å². The van der Waals surface area contributed by atoms with Gasteiger partial charge in [-0.25, -0.2) is 0 Å². The zero-order chi connectivity index (χ0) is 13.8. The Morgan fingerprint density at radius 3 is 2.79 bits per heavy atom. The molecule has 0 aliphatic carbocycles. The molecular formula is C16H24BrNO. The standard InChI is InChI=1S/C16H24BrNO/c1-11(2)14-9-16(19-3)13(8-15(14)17)7-12-5-4-6-18-10-12/h8-9,11-12,18H,4-7,10H2,1-3H3. The second-order valence-corrected chi connectivity index (χ2v) is 6.61. The molecule has 0 aromatic heterocycles. The van der Waals surface area contributed by atoms with Crippen molar-refractivity contribution in [2.24, 2.45) is 5.92 Å². The maximum Gasteiger partial charge on any atom is 0.122 e. The van der Waals surface area contributed by atoms with E-state index >= 15 is 0 Å². The van der Waals surface area contributed by atoms with E-state index in [1.165, 1.54) is 35.0 Å². The Morgan fingerprint density at radius 2 is 2.21 bits per heavy atom. The van der Waals surface area contributed by atoms with Crippen molar-refractivity contribution in [2.75, 3.05) is 20.2 Å². The second-order valence-electron chi connectivity index (χ2n) is 5.76. The first kappa shape index (κ1) is 14.9. The molecule has 2 nitrogen and oxygen atoms in total. The van der Waals surface area contributed by atoms with Crippen LogP contribution in [0, 0.1) is 5.92 Å². The molecule has 3 heteroatoms. The second kappa shape index (κ2) is 6.76. The van der Waals surface area contributed by atoms with E-state index in [9.17, 15) is 0 Å². The predicted molar refractivity (Wildman–Crippen MR) is 84.1 cm³/mol. The van der Waals surface area contributed by atoms with Crippen LogP contribution < -0.4 is 10.1 Å². The van der Waals surface area contributed by atoms with Crippen molar-refractivity contribution in [1.29, 1.82) is 0 Å². The van der Waals surface area contributed by atoms with Crippen molar-refractivity contribution in [3.63, 3.8) is 0 Å². The summed E-state index contributed by atoms with van der Waals surface area (Å²) in [5.41, 5.74) is 2.65. The number of nitrogens with one attached hydrogen (secondary N) is 1. The molecule has 2 rings (SSSR count). The zero-order valence-corrected chi connectivity index (χ0v) is 13.7. The minimum absolute atomic E-state index is 0.508. The molecule has 1 aromatic carbocycles. The third-order valence-electron chi connectivity index (χ3n) is 3.93. The van der Waals surface area contributed by atoms with E-state index in [4.69, 9.17) is 4.74 Å². The zero-order valence-electron chi connectivity index (χ0n) is 12.1. The molecule has 1 aromatic rings. The summed E-state index contributed by atoms with van der Waals surface area (Å²) in [5, 5.41) is 3.48. The highest BCUT2D eigenvalue weighted by Crippen LogP contribution is 2.33. The Balaban J connectivity index is 2.21. The average Bonchev–Trinajstić information content (AvgIpc) is 2.39. The number of hydrogen-bond donors (Lipinski definition) is 1. The molecule has 0 bridgehead atoms. The summed E-state index contributed by atoms with van der Waals surface area (Å²) < 4.78 is 6.80. The molecule has 0 radical (unpaired) electrons. The lowest BCUT2D eigenvalue weighted by Gasteiger charge is -2.24. The van der Waals surface area contributed by atoms with E-state index in [1.807, 2.05) is 0 Å². The molecule has 1 fully saturated rings. The molecule has 0 saturated carbocycles. The number of methoxy groups -OCH3 is 1. The fourth-order valence-electron chi connectivity index (χ4n) is 2.81. The minimum atomic E-state index is 0.508. The third kappa shape index (κ3) is 3.73. The van der Waals surface area contributed by atoms with Gasteiger partial charge in [-0.15, -0.1) is 0 Å². The highest BCUT2D eigenvalue weighted by molar-refractivity contribution is 9.10. The quantitative estimate of drug-likeness (QED) is 0.898. The molecule has 1 heterocycles. The van der Waals surface area contributed by atoms with Crippen molar-refractivity contribution >= 4 is 15.9 Å². The van der Waals surface area contributed by atoms with Gasteiger partial charge in [-0.05, 0) is 67.4 Å². The molecular weight excluding hydrogens is 302 g/mol. The van der Waals surface area contributed by atoms with Crippen LogP contribution >= 0.6 is 15.9 Å². The van der Waals surface area contributed by atoms with Crippen LogP contribution in [0.15, 0.2) is 16.6 Å². The molecule has 1 saturated heterocycles. The number of rotatable bonds is 4. The van der Waals surface area contributed by atoms with Crippen LogP contribution in [-0.2, 0) is 6.42 Å². The molecule has 106 valence electrons. The van der Waals surface area contributed by atoms with Crippen molar-refractivity contribution in [2.45, 2.75) is 39.0 Å². The van der Waals surface area contributed by atoms with Gasteiger partial charge in [0.1, 0.15) is 5.75 Å². The van der Waals surface area contributed by atoms with E-state index in [1.54, 1.807) is 7.11 Å². The Labute approximate surface area is 125 Å². The summed E-state index contributed by atoms with van der Waals surface area (Å²) in [6.45, 7) is 6.73. The van der Waals surface area contributed by atoms with Gasteiger partial charge in [0.25, 0.3) is 0 Å². The lowest BCUT2D eigenvalue weighted by molar-refractivity contribution is 0.364. The summed E-state index contributed by atoms with van der Waals surface area (Å²) >= 11 is 3.70. The fourth-order valence-corrected chi connectivity index (χ4v) is 3.66. The van der Waals surface area contributed by atoms with Gasteiger partial charge in [-0.2, -0.15) is 0 Å². The molecule has 19 heavy (non-hydrogen) atoms. The highest BCUT2D eigenvalue weighted by atomic mass is 79.9.